The minimum absolute atomic E-state index is 0.266. The van der Waals surface area contributed by atoms with Crippen LogP contribution in [0.5, 0.6) is 11.6 Å². The van der Waals surface area contributed by atoms with Gasteiger partial charge in [-0.3, -0.25) is 4.68 Å². The number of hydrogen-bond acceptors (Lipinski definition) is 5. The van der Waals surface area contributed by atoms with Crippen LogP contribution >= 0.6 is 0 Å². The third-order valence-corrected chi connectivity index (χ3v) is 1.84. The fourth-order valence-corrected chi connectivity index (χ4v) is 1.10. The second-order valence-corrected chi connectivity index (χ2v) is 2.88. The van der Waals surface area contributed by atoms with Crippen LogP contribution in [0.1, 0.15) is 6.92 Å². The topological polar surface area (TPSA) is 78.8 Å². The normalized spacial score (nSPS) is 10.2. The molecule has 0 aliphatic rings. The second kappa shape index (κ2) is 3.95. The SMILES string of the molecule is CCn1cc(Oc2nccnc2N)cn1. The number of nitrogen functional groups attached to an aromatic ring is 1. The highest BCUT2D eigenvalue weighted by Crippen LogP contribution is 2.21. The van der Waals surface area contributed by atoms with E-state index in [0.29, 0.717) is 11.6 Å². The summed E-state index contributed by atoms with van der Waals surface area (Å²) in [5.41, 5.74) is 5.58. The average Bonchev–Trinajstić information content (AvgIpc) is 2.69. The number of nitrogens with zero attached hydrogens (tertiary/aromatic N) is 4. The molecule has 2 N–H and O–H groups in total. The van der Waals surface area contributed by atoms with E-state index in [1.165, 1.54) is 12.4 Å². The van der Waals surface area contributed by atoms with E-state index < -0.39 is 0 Å². The highest BCUT2D eigenvalue weighted by atomic mass is 16.5. The summed E-state index contributed by atoms with van der Waals surface area (Å²) in [6.45, 7) is 2.78. The lowest BCUT2D eigenvalue weighted by atomic mass is 10.6. The van der Waals surface area contributed by atoms with Crippen LogP contribution < -0.4 is 10.5 Å². The summed E-state index contributed by atoms with van der Waals surface area (Å²) in [5, 5.41) is 4.06. The maximum Gasteiger partial charge on any atom is 0.262 e. The van der Waals surface area contributed by atoms with E-state index in [2.05, 4.69) is 15.1 Å². The molecule has 2 aromatic heterocycles. The molecular weight excluding hydrogens is 194 g/mol. The molecule has 0 spiro atoms. The molecule has 2 heterocycles. The molecule has 0 amide bonds. The fourth-order valence-electron chi connectivity index (χ4n) is 1.10. The summed E-state index contributed by atoms with van der Waals surface area (Å²) in [5.74, 6) is 1.17. The van der Waals surface area contributed by atoms with Gasteiger partial charge >= 0.3 is 0 Å². The van der Waals surface area contributed by atoms with Crippen LogP contribution in [0.25, 0.3) is 0 Å². The molecule has 0 bridgehead atoms. The molecule has 2 rings (SSSR count). The Morgan fingerprint density at radius 1 is 1.40 bits per heavy atom. The van der Waals surface area contributed by atoms with Gasteiger partial charge in [0.15, 0.2) is 11.6 Å². The Labute approximate surface area is 86.7 Å². The van der Waals surface area contributed by atoms with Crippen LogP contribution in [0.15, 0.2) is 24.8 Å². The summed E-state index contributed by atoms with van der Waals surface area (Å²) in [6.07, 6.45) is 6.42. The van der Waals surface area contributed by atoms with Crippen molar-refractivity contribution in [2.24, 2.45) is 0 Å². The predicted molar refractivity (Wildman–Crippen MR) is 54.4 cm³/mol. The number of hydrogen-bond donors (Lipinski definition) is 1. The fraction of sp³-hybridized carbons (Fsp3) is 0.222. The number of aromatic nitrogens is 4. The number of aryl methyl sites for hydroxylation is 1. The first-order valence-electron chi connectivity index (χ1n) is 4.56. The van der Waals surface area contributed by atoms with Gasteiger partial charge in [0.05, 0.1) is 12.4 Å². The van der Waals surface area contributed by atoms with Crippen molar-refractivity contribution < 1.29 is 4.74 Å². The van der Waals surface area contributed by atoms with Gasteiger partial charge in [0.2, 0.25) is 0 Å². The molecule has 15 heavy (non-hydrogen) atoms. The Morgan fingerprint density at radius 3 is 2.87 bits per heavy atom. The summed E-state index contributed by atoms with van der Waals surface area (Å²) < 4.78 is 7.16. The number of nitrogens with two attached hydrogens (primary N) is 1. The lowest BCUT2D eigenvalue weighted by molar-refractivity contribution is 0.462. The van der Waals surface area contributed by atoms with Crippen molar-refractivity contribution in [3.05, 3.63) is 24.8 Å². The maximum atomic E-state index is 5.58. The monoisotopic (exact) mass is 205 g/mol. The first-order chi connectivity index (χ1) is 7.29. The van der Waals surface area contributed by atoms with E-state index in [0.717, 1.165) is 6.54 Å². The predicted octanol–water partition coefficient (Wildman–Crippen LogP) is 1.07. The number of ether oxygens (including phenoxy) is 1. The minimum atomic E-state index is 0.266. The zero-order chi connectivity index (χ0) is 10.7. The third-order valence-electron chi connectivity index (χ3n) is 1.84. The van der Waals surface area contributed by atoms with Crippen molar-refractivity contribution >= 4 is 5.82 Å². The smallest absolute Gasteiger partial charge is 0.262 e. The molecule has 0 atom stereocenters. The van der Waals surface area contributed by atoms with Gasteiger partial charge in [-0.2, -0.15) is 5.10 Å². The molecule has 0 saturated heterocycles. The van der Waals surface area contributed by atoms with E-state index >= 15 is 0 Å². The first-order valence-corrected chi connectivity index (χ1v) is 4.56. The molecule has 2 aromatic rings. The largest absolute Gasteiger partial charge is 0.433 e. The Morgan fingerprint density at radius 2 is 2.20 bits per heavy atom. The standard InChI is InChI=1S/C9H11N5O/c1-2-14-6-7(5-13-14)15-9-8(10)11-3-4-12-9/h3-6H,2H2,1H3,(H2,10,11). The van der Waals surface area contributed by atoms with Crippen molar-refractivity contribution in [2.75, 3.05) is 5.73 Å². The van der Waals surface area contributed by atoms with Crippen molar-refractivity contribution in [1.29, 1.82) is 0 Å². The van der Waals surface area contributed by atoms with Gasteiger partial charge in [0, 0.05) is 18.9 Å². The van der Waals surface area contributed by atoms with Crippen LogP contribution in [0, 0.1) is 0 Å². The molecule has 0 aromatic carbocycles. The molecule has 0 saturated carbocycles. The zero-order valence-corrected chi connectivity index (χ0v) is 8.29. The van der Waals surface area contributed by atoms with E-state index in [1.54, 1.807) is 17.1 Å². The maximum absolute atomic E-state index is 5.58. The van der Waals surface area contributed by atoms with Crippen molar-refractivity contribution in [1.82, 2.24) is 19.7 Å². The molecular formula is C9H11N5O. The van der Waals surface area contributed by atoms with Crippen LogP contribution in [0.3, 0.4) is 0 Å². The van der Waals surface area contributed by atoms with E-state index in [1.807, 2.05) is 6.92 Å². The van der Waals surface area contributed by atoms with Crippen molar-refractivity contribution in [2.45, 2.75) is 13.5 Å². The highest BCUT2D eigenvalue weighted by Gasteiger charge is 2.05. The number of anilines is 1. The molecule has 0 aliphatic heterocycles. The Kier molecular flexibility index (Phi) is 2.49. The number of rotatable bonds is 3. The van der Waals surface area contributed by atoms with E-state index in [-0.39, 0.29) is 5.82 Å². The highest BCUT2D eigenvalue weighted by molar-refractivity contribution is 5.41. The minimum Gasteiger partial charge on any atom is -0.433 e. The second-order valence-electron chi connectivity index (χ2n) is 2.88. The van der Waals surface area contributed by atoms with Gasteiger partial charge in [0.25, 0.3) is 5.88 Å². The molecule has 0 aliphatic carbocycles. The Hall–Kier alpha value is -2.11. The molecule has 6 heteroatoms. The zero-order valence-electron chi connectivity index (χ0n) is 8.29. The van der Waals surface area contributed by atoms with Crippen LogP contribution in [-0.2, 0) is 6.54 Å². The summed E-state index contributed by atoms with van der Waals surface area (Å²) in [6, 6.07) is 0. The van der Waals surface area contributed by atoms with Gasteiger partial charge in [-0.25, -0.2) is 9.97 Å². The van der Waals surface area contributed by atoms with Crippen LogP contribution in [0.2, 0.25) is 0 Å². The molecule has 0 radical (unpaired) electrons. The summed E-state index contributed by atoms with van der Waals surface area (Å²) in [4.78, 5) is 7.83. The quantitative estimate of drug-likeness (QED) is 0.810. The van der Waals surface area contributed by atoms with Crippen LogP contribution in [0.4, 0.5) is 5.82 Å². The van der Waals surface area contributed by atoms with Gasteiger partial charge < -0.3 is 10.5 Å². The Balaban J connectivity index is 2.18. The average molecular weight is 205 g/mol. The van der Waals surface area contributed by atoms with Crippen molar-refractivity contribution in [3.8, 4) is 11.6 Å². The van der Waals surface area contributed by atoms with E-state index in [4.69, 9.17) is 10.5 Å². The molecule has 6 nitrogen and oxygen atoms in total. The first kappa shape index (κ1) is 9.45. The van der Waals surface area contributed by atoms with Crippen molar-refractivity contribution in [3.63, 3.8) is 0 Å². The lowest BCUT2D eigenvalue weighted by Crippen LogP contribution is -1.96. The summed E-state index contributed by atoms with van der Waals surface area (Å²) >= 11 is 0. The van der Waals surface area contributed by atoms with E-state index in [9.17, 15) is 0 Å². The Bertz CT molecular complexity index is 453. The molecule has 0 unspecified atom stereocenters. The third kappa shape index (κ3) is 2.04. The lowest BCUT2D eigenvalue weighted by Gasteiger charge is -2.02. The van der Waals surface area contributed by atoms with Gasteiger partial charge in [-0.1, -0.05) is 0 Å². The van der Waals surface area contributed by atoms with Gasteiger partial charge in [0.1, 0.15) is 0 Å². The van der Waals surface area contributed by atoms with Crippen LogP contribution in [-0.4, -0.2) is 19.7 Å². The van der Waals surface area contributed by atoms with Gasteiger partial charge in [-0.05, 0) is 6.92 Å². The van der Waals surface area contributed by atoms with Gasteiger partial charge in [-0.15, -0.1) is 0 Å². The summed E-state index contributed by atoms with van der Waals surface area (Å²) in [7, 11) is 0. The molecule has 78 valence electrons. The molecule has 0 fully saturated rings.